The highest BCUT2D eigenvalue weighted by Crippen LogP contribution is 2.25. The Kier molecular flexibility index (Phi) is 2.41. The van der Waals surface area contributed by atoms with E-state index in [2.05, 4.69) is 0 Å². The van der Waals surface area contributed by atoms with Crippen molar-refractivity contribution < 1.29 is 18.7 Å². The highest BCUT2D eigenvalue weighted by Gasteiger charge is 2.19. The van der Waals surface area contributed by atoms with Crippen LogP contribution in [0.2, 0.25) is 0 Å². The Morgan fingerprint density at radius 3 is 2.62 bits per heavy atom. The lowest BCUT2D eigenvalue weighted by Crippen LogP contribution is -2.13. The number of rotatable bonds is 2. The summed E-state index contributed by atoms with van der Waals surface area (Å²) in [6.45, 7) is 0. The molecule has 1 aromatic heterocycles. The van der Waals surface area contributed by atoms with Crippen molar-refractivity contribution in [3.8, 4) is 5.75 Å². The average molecular weight is 189 g/mol. The number of carbonyl (C=O) groups excluding carboxylic acids is 1. The van der Waals surface area contributed by atoms with E-state index in [1.54, 1.807) is 0 Å². The highest BCUT2D eigenvalue weighted by molar-refractivity contribution is 5.79. The smallest absolute Gasteiger partial charge is 0.272 e. The Hall–Kier alpha value is -1.72. The van der Waals surface area contributed by atoms with Gasteiger partial charge in [-0.05, 0) is 0 Å². The Morgan fingerprint density at radius 1 is 1.54 bits per heavy atom. The lowest BCUT2D eigenvalue weighted by atomic mass is 10.2. The quantitative estimate of drug-likeness (QED) is 0.677. The normalized spacial score (nSPS) is 10.4. The molecule has 0 amide bonds. The molecule has 70 valence electrons. The van der Waals surface area contributed by atoms with Crippen LogP contribution in [0.4, 0.5) is 8.78 Å². The minimum atomic E-state index is -3.11. The fraction of sp³-hybridized carbons (Fsp3) is 0.143. The third-order valence-corrected chi connectivity index (χ3v) is 1.48. The van der Waals surface area contributed by atoms with Crippen molar-refractivity contribution in [2.45, 2.75) is 6.43 Å². The predicted octanol–water partition coefficient (Wildman–Crippen LogP) is 0.831. The zero-order valence-electron chi connectivity index (χ0n) is 6.25. The van der Waals surface area contributed by atoms with E-state index < -0.39 is 23.3 Å². The molecule has 0 fully saturated rings. The largest absolute Gasteiger partial charge is 0.506 e. The van der Waals surface area contributed by atoms with E-state index in [0.29, 0.717) is 0 Å². The highest BCUT2D eigenvalue weighted by atomic mass is 19.3. The molecule has 0 aliphatic heterocycles. The molecule has 2 N–H and O–H groups in total. The maximum Gasteiger partial charge on any atom is 0.272 e. The fourth-order valence-electron chi connectivity index (χ4n) is 0.845. The van der Waals surface area contributed by atoms with Crippen molar-refractivity contribution in [2.24, 2.45) is 0 Å². The van der Waals surface area contributed by atoms with Gasteiger partial charge in [-0.3, -0.25) is 9.59 Å². The first kappa shape index (κ1) is 9.37. The molecule has 4 nitrogen and oxygen atoms in total. The number of pyridine rings is 1. The second kappa shape index (κ2) is 3.34. The average Bonchev–Trinajstić information content (AvgIpc) is 2.04. The van der Waals surface area contributed by atoms with E-state index in [1.165, 1.54) is 0 Å². The number of aromatic hydroxyl groups is 1. The summed E-state index contributed by atoms with van der Waals surface area (Å²) in [6.07, 6.45) is -2.06. The van der Waals surface area contributed by atoms with E-state index in [0.717, 1.165) is 6.20 Å². The van der Waals surface area contributed by atoms with Crippen LogP contribution in [0.25, 0.3) is 0 Å². The van der Waals surface area contributed by atoms with Crippen LogP contribution >= 0.6 is 0 Å². The number of carbonyl (C=O) groups is 1. The Morgan fingerprint density at radius 2 is 2.15 bits per heavy atom. The summed E-state index contributed by atoms with van der Waals surface area (Å²) >= 11 is 0. The Bertz CT molecular complexity index is 386. The van der Waals surface area contributed by atoms with E-state index >= 15 is 0 Å². The maximum absolute atomic E-state index is 12.1. The van der Waals surface area contributed by atoms with Crippen LogP contribution in [0.15, 0.2) is 11.0 Å². The molecule has 0 saturated carbocycles. The summed E-state index contributed by atoms with van der Waals surface area (Å²) in [6, 6.07) is 0. The molecule has 1 heterocycles. The number of aldehydes is 1. The summed E-state index contributed by atoms with van der Waals surface area (Å²) in [7, 11) is 0. The van der Waals surface area contributed by atoms with Gasteiger partial charge >= 0.3 is 0 Å². The number of aromatic nitrogens is 1. The van der Waals surface area contributed by atoms with Gasteiger partial charge in [-0.25, -0.2) is 8.78 Å². The molecule has 0 aromatic carbocycles. The summed E-state index contributed by atoms with van der Waals surface area (Å²) in [4.78, 5) is 22.8. The van der Waals surface area contributed by atoms with Gasteiger partial charge < -0.3 is 10.1 Å². The third kappa shape index (κ3) is 1.56. The number of aromatic amines is 1. The second-order valence-corrected chi connectivity index (χ2v) is 2.25. The topological polar surface area (TPSA) is 70.2 Å². The van der Waals surface area contributed by atoms with Crippen LogP contribution in [0.1, 0.15) is 22.3 Å². The summed E-state index contributed by atoms with van der Waals surface area (Å²) in [5.41, 5.74) is -2.54. The zero-order valence-corrected chi connectivity index (χ0v) is 6.25. The number of hydrogen-bond donors (Lipinski definition) is 2. The Balaban J connectivity index is 3.47. The van der Waals surface area contributed by atoms with Crippen LogP contribution in [0.5, 0.6) is 5.75 Å². The van der Waals surface area contributed by atoms with Gasteiger partial charge in [-0.2, -0.15) is 0 Å². The summed E-state index contributed by atoms with van der Waals surface area (Å²) in [5, 5.41) is 9.01. The molecule has 0 atom stereocenters. The van der Waals surface area contributed by atoms with Gasteiger partial charge in [0.15, 0.2) is 6.29 Å². The lowest BCUT2D eigenvalue weighted by molar-refractivity contribution is 0.111. The van der Waals surface area contributed by atoms with Gasteiger partial charge in [0.1, 0.15) is 11.3 Å². The number of alkyl halides is 2. The van der Waals surface area contributed by atoms with E-state index in [1.807, 2.05) is 4.98 Å². The molecular formula is C7H5F2NO3. The first-order chi connectivity index (χ1) is 6.07. The van der Waals surface area contributed by atoms with Crippen LogP contribution in [0.3, 0.4) is 0 Å². The lowest BCUT2D eigenvalue weighted by Gasteiger charge is -2.02. The molecule has 0 spiro atoms. The summed E-state index contributed by atoms with van der Waals surface area (Å²) in [5.74, 6) is -0.964. The number of hydrogen-bond acceptors (Lipinski definition) is 3. The zero-order chi connectivity index (χ0) is 10.0. The fourth-order valence-corrected chi connectivity index (χ4v) is 0.845. The first-order valence-corrected chi connectivity index (χ1v) is 3.25. The number of H-pyrrole nitrogens is 1. The van der Waals surface area contributed by atoms with Crippen molar-refractivity contribution in [1.29, 1.82) is 0 Å². The van der Waals surface area contributed by atoms with E-state index in [4.69, 9.17) is 5.11 Å². The van der Waals surface area contributed by atoms with Crippen molar-refractivity contribution in [3.63, 3.8) is 0 Å². The predicted molar refractivity (Wildman–Crippen MR) is 39.1 cm³/mol. The van der Waals surface area contributed by atoms with Gasteiger partial charge in [-0.15, -0.1) is 0 Å². The Labute approximate surface area is 70.8 Å². The number of halogens is 2. The van der Waals surface area contributed by atoms with E-state index in [-0.39, 0.29) is 11.8 Å². The van der Waals surface area contributed by atoms with Gasteiger partial charge in [-0.1, -0.05) is 0 Å². The minimum Gasteiger partial charge on any atom is -0.506 e. The van der Waals surface area contributed by atoms with Gasteiger partial charge in [0.25, 0.3) is 12.0 Å². The maximum atomic E-state index is 12.1. The molecule has 13 heavy (non-hydrogen) atoms. The van der Waals surface area contributed by atoms with Crippen LogP contribution in [-0.4, -0.2) is 16.4 Å². The summed E-state index contributed by atoms with van der Waals surface area (Å²) < 4.78 is 24.2. The van der Waals surface area contributed by atoms with Crippen LogP contribution < -0.4 is 5.56 Å². The van der Waals surface area contributed by atoms with Crippen LogP contribution in [0, 0.1) is 0 Å². The molecular weight excluding hydrogens is 184 g/mol. The third-order valence-electron chi connectivity index (χ3n) is 1.48. The van der Waals surface area contributed by atoms with Gasteiger partial charge in [0.05, 0.1) is 5.56 Å². The number of nitrogens with one attached hydrogen (secondary N) is 1. The van der Waals surface area contributed by atoms with Gasteiger partial charge in [0, 0.05) is 6.20 Å². The molecule has 0 saturated heterocycles. The van der Waals surface area contributed by atoms with Crippen molar-refractivity contribution >= 4 is 6.29 Å². The van der Waals surface area contributed by atoms with Crippen molar-refractivity contribution in [1.82, 2.24) is 4.98 Å². The first-order valence-electron chi connectivity index (χ1n) is 3.25. The van der Waals surface area contributed by atoms with E-state index in [9.17, 15) is 18.4 Å². The molecule has 0 bridgehead atoms. The molecule has 1 aromatic rings. The molecule has 0 aliphatic carbocycles. The minimum absolute atomic E-state index is 0.178. The molecule has 6 heteroatoms. The standard InChI is InChI=1S/C7H5F2NO3/c8-6(9)4-5(12)3(2-11)1-10-7(4)13/h1-2,6H,(H2,10,12,13). The van der Waals surface area contributed by atoms with Gasteiger partial charge in [0.2, 0.25) is 0 Å². The molecule has 0 radical (unpaired) electrons. The van der Waals surface area contributed by atoms with Crippen molar-refractivity contribution in [2.75, 3.05) is 0 Å². The monoisotopic (exact) mass is 189 g/mol. The molecule has 0 unspecified atom stereocenters. The SMILES string of the molecule is O=Cc1c[nH]c(=O)c(C(F)F)c1O. The van der Waals surface area contributed by atoms with Crippen molar-refractivity contribution in [3.05, 3.63) is 27.7 Å². The molecule has 0 aliphatic rings. The van der Waals surface area contributed by atoms with Crippen LogP contribution in [-0.2, 0) is 0 Å². The second-order valence-electron chi connectivity index (χ2n) is 2.25. The molecule has 1 rings (SSSR count).